The van der Waals surface area contributed by atoms with Crippen LogP contribution in [0.5, 0.6) is 5.75 Å². The van der Waals surface area contributed by atoms with Gasteiger partial charge in [-0.25, -0.2) is 4.68 Å². The standard InChI is InChI=1S/C19H18N4O2/c1-12-4-7-15(8-5-12)17-11-23(22-21-17)14(3)19(25)20-16-9-6-13(2)10-18(16)24/h4-11,24H,3H2,1-2H3,(H,20,25). The van der Waals surface area contributed by atoms with Gasteiger partial charge in [0.15, 0.2) is 0 Å². The molecule has 0 aliphatic heterocycles. The van der Waals surface area contributed by atoms with Crippen LogP contribution >= 0.6 is 0 Å². The Morgan fingerprint density at radius 1 is 1.12 bits per heavy atom. The molecule has 25 heavy (non-hydrogen) atoms. The maximum atomic E-state index is 12.3. The quantitative estimate of drug-likeness (QED) is 0.566. The van der Waals surface area contributed by atoms with Gasteiger partial charge in [-0.05, 0) is 31.5 Å². The van der Waals surface area contributed by atoms with Gasteiger partial charge < -0.3 is 10.4 Å². The third kappa shape index (κ3) is 3.58. The van der Waals surface area contributed by atoms with E-state index in [0.717, 1.165) is 16.7 Å². The molecule has 0 aliphatic carbocycles. The average Bonchev–Trinajstić information content (AvgIpc) is 3.07. The monoisotopic (exact) mass is 334 g/mol. The van der Waals surface area contributed by atoms with Crippen LogP contribution < -0.4 is 5.32 Å². The van der Waals surface area contributed by atoms with Crippen molar-refractivity contribution >= 4 is 17.3 Å². The minimum absolute atomic E-state index is 0.0000784. The van der Waals surface area contributed by atoms with E-state index in [-0.39, 0.29) is 11.4 Å². The van der Waals surface area contributed by atoms with Gasteiger partial charge in [-0.3, -0.25) is 4.79 Å². The number of amides is 1. The number of nitrogens with one attached hydrogen (secondary N) is 1. The maximum Gasteiger partial charge on any atom is 0.273 e. The fourth-order valence-electron chi connectivity index (χ4n) is 2.30. The lowest BCUT2D eigenvalue weighted by molar-refractivity contribution is -0.111. The molecular formula is C19H18N4O2. The molecule has 126 valence electrons. The SMILES string of the molecule is C=C(C(=O)Nc1ccc(C)cc1O)n1cc(-c2ccc(C)cc2)nn1. The largest absolute Gasteiger partial charge is 0.506 e. The number of carbonyl (C=O) groups is 1. The van der Waals surface area contributed by atoms with Crippen molar-refractivity contribution in [1.82, 2.24) is 15.0 Å². The summed E-state index contributed by atoms with van der Waals surface area (Å²) in [7, 11) is 0. The van der Waals surface area contributed by atoms with Crippen LogP contribution in [-0.4, -0.2) is 26.0 Å². The molecule has 0 saturated heterocycles. The molecule has 0 unspecified atom stereocenters. The molecule has 6 heteroatoms. The van der Waals surface area contributed by atoms with E-state index in [1.807, 2.05) is 38.1 Å². The lowest BCUT2D eigenvalue weighted by Gasteiger charge is -2.09. The molecule has 3 rings (SSSR count). The molecule has 0 aliphatic rings. The van der Waals surface area contributed by atoms with Crippen molar-refractivity contribution in [2.24, 2.45) is 0 Å². The highest BCUT2D eigenvalue weighted by molar-refractivity contribution is 6.19. The van der Waals surface area contributed by atoms with Crippen LogP contribution in [0.3, 0.4) is 0 Å². The normalized spacial score (nSPS) is 10.5. The van der Waals surface area contributed by atoms with E-state index in [1.54, 1.807) is 24.4 Å². The van der Waals surface area contributed by atoms with Crippen molar-refractivity contribution in [3.8, 4) is 17.0 Å². The molecule has 0 atom stereocenters. The first-order valence-electron chi connectivity index (χ1n) is 7.73. The van der Waals surface area contributed by atoms with Gasteiger partial charge in [0, 0.05) is 5.56 Å². The Balaban J connectivity index is 1.76. The van der Waals surface area contributed by atoms with Crippen LogP contribution in [0.15, 0.2) is 55.2 Å². The van der Waals surface area contributed by atoms with E-state index in [1.165, 1.54) is 4.68 Å². The Labute approximate surface area is 145 Å². The lowest BCUT2D eigenvalue weighted by Crippen LogP contribution is -2.17. The zero-order valence-corrected chi connectivity index (χ0v) is 14.0. The van der Waals surface area contributed by atoms with Gasteiger partial charge in [0.1, 0.15) is 17.1 Å². The highest BCUT2D eigenvalue weighted by Gasteiger charge is 2.14. The van der Waals surface area contributed by atoms with Crippen molar-refractivity contribution < 1.29 is 9.90 Å². The van der Waals surface area contributed by atoms with Crippen molar-refractivity contribution in [2.45, 2.75) is 13.8 Å². The number of phenolic OH excluding ortho intramolecular Hbond substituents is 1. The second kappa shape index (κ2) is 6.60. The molecule has 2 aromatic carbocycles. The molecule has 0 bridgehead atoms. The molecule has 2 N–H and O–H groups in total. The summed E-state index contributed by atoms with van der Waals surface area (Å²) in [5, 5.41) is 20.5. The van der Waals surface area contributed by atoms with Crippen molar-refractivity contribution in [1.29, 1.82) is 0 Å². The van der Waals surface area contributed by atoms with Crippen LogP contribution in [0.2, 0.25) is 0 Å². The summed E-state index contributed by atoms with van der Waals surface area (Å²) in [4.78, 5) is 12.3. The predicted octanol–water partition coefficient (Wildman–Crippen LogP) is 3.38. The first-order valence-corrected chi connectivity index (χ1v) is 7.73. The first kappa shape index (κ1) is 16.4. The summed E-state index contributed by atoms with van der Waals surface area (Å²) in [5.41, 5.74) is 4.01. The summed E-state index contributed by atoms with van der Waals surface area (Å²) < 4.78 is 1.32. The highest BCUT2D eigenvalue weighted by Crippen LogP contribution is 2.25. The maximum absolute atomic E-state index is 12.3. The van der Waals surface area contributed by atoms with Gasteiger partial charge in [-0.15, -0.1) is 5.10 Å². The third-order valence-electron chi connectivity index (χ3n) is 3.78. The van der Waals surface area contributed by atoms with E-state index in [4.69, 9.17) is 0 Å². The second-order valence-corrected chi connectivity index (χ2v) is 5.84. The molecule has 1 aromatic heterocycles. The van der Waals surface area contributed by atoms with Gasteiger partial charge in [-0.2, -0.15) is 0 Å². The summed E-state index contributed by atoms with van der Waals surface area (Å²) in [6.45, 7) is 7.62. The summed E-state index contributed by atoms with van der Waals surface area (Å²) in [6.07, 6.45) is 1.64. The van der Waals surface area contributed by atoms with Crippen molar-refractivity contribution in [3.63, 3.8) is 0 Å². The third-order valence-corrected chi connectivity index (χ3v) is 3.78. The lowest BCUT2D eigenvalue weighted by atomic mass is 10.1. The number of benzene rings is 2. The fraction of sp³-hybridized carbons (Fsp3) is 0.105. The van der Waals surface area contributed by atoms with Gasteiger partial charge in [0.05, 0.1) is 11.9 Å². The number of aromatic nitrogens is 3. The van der Waals surface area contributed by atoms with Gasteiger partial charge in [-0.1, -0.05) is 47.7 Å². The molecule has 0 fully saturated rings. The molecule has 1 amide bonds. The zero-order valence-electron chi connectivity index (χ0n) is 14.0. The molecule has 0 radical (unpaired) electrons. The predicted molar refractivity (Wildman–Crippen MR) is 97.0 cm³/mol. The van der Waals surface area contributed by atoms with Gasteiger partial charge in [0.25, 0.3) is 5.91 Å². The topological polar surface area (TPSA) is 80.0 Å². The molecule has 6 nitrogen and oxygen atoms in total. The number of rotatable bonds is 4. The minimum atomic E-state index is -0.473. The molecule has 0 saturated carbocycles. The van der Waals surface area contributed by atoms with Gasteiger partial charge >= 0.3 is 0 Å². The van der Waals surface area contributed by atoms with E-state index < -0.39 is 5.91 Å². The highest BCUT2D eigenvalue weighted by atomic mass is 16.3. The van der Waals surface area contributed by atoms with E-state index in [0.29, 0.717) is 11.4 Å². The number of anilines is 1. The van der Waals surface area contributed by atoms with E-state index in [2.05, 4.69) is 22.2 Å². The van der Waals surface area contributed by atoms with E-state index in [9.17, 15) is 9.90 Å². The molecule has 1 heterocycles. The molecular weight excluding hydrogens is 316 g/mol. The Kier molecular flexibility index (Phi) is 4.35. The van der Waals surface area contributed by atoms with Crippen LogP contribution in [-0.2, 0) is 4.79 Å². The summed E-state index contributed by atoms with van der Waals surface area (Å²) >= 11 is 0. The minimum Gasteiger partial charge on any atom is -0.506 e. The van der Waals surface area contributed by atoms with E-state index >= 15 is 0 Å². The van der Waals surface area contributed by atoms with Crippen LogP contribution in [0.25, 0.3) is 17.0 Å². The number of hydrogen-bond acceptors (Lipinski definition) is 4. The number of hydrogen-bond donors (Lipinski definition) is 2. The van der Waals surface area contributed by atoms with Gasteiger partial charge in [0.2, 0.25) is 0 Å². The fourth-order valence-corrected chi connectivity index (χ4v) is 2.30. The average molecular weight is 334 g/mol. The Morgan fingerprint density at radius 2 is 1.80 bits per heavy atom. The summed E-state index contributed by atoms with van der Waals surface area (Å²) in [6, 6.07) is 12.8. The number of aryl methyl sites for hydroxylation is 2. The van der Waals surface area contributed by atoms with Crippen LogP contribution in [0, 0.1) is 13.8 Å². The first-order chi connectivity index (χ1) is 11.9. The summed E-state index contributed by atoms with van der Waals surface area (Å²) in [5.74, 6) is -0.473. The zero-order chi connectivity index (χ0) is 18.0. The molecule has 3 aromatic rings. The molecule has 0 spiro atoms. The Morgan fingerprint density at radius 3 is 2.48 bits per heavy atom. The number of aromatic hydroxyl groups is 1. The van der Waals surface area contributed by atoms with Crippen LogP contribution in [0.4, 0.5) is 5.69 Å². The van der Waals surface area contributed by atoms with Crippen molar-refractivity contribution in [3.05, 3.63) is 66.4 Å². The number of carbonyl (C=O) groups excluding carboxylic acids is 1. The second-order valence-electron chi connectivity index (χ2n) is 5.84. The number of phenols is 1. The van der Waals surface area contributed by atoms with Crippen LogP contribution in [0.1, 0.15) is 11.1 Å². The Bertz CT molecular complexity index is 942. The number of nitrogens with zero attached hydrogens (tertiary/aromatic N) is 3. The van der Waals surface area contributed by atoms with Crippen molar-refractivity contribution in [2.75, 3.05) is 5.32 Å². The Hall–Kier alpha value is -3.41. The smallest absolute Gasteiger partial charge is 0.273 e.